The van der Waals surface area contributed by atoms with E-state index in [9.17, 15) is 0 Å². The summed E-state index contributed by atoms with van der Waals surface area (Å²) in [6.07, 6.45) is 1.78. The first kappa shape index (κ1) is 8.92. The molecule has 0 aromatic rings. The molecule has 0 heterocycles. The van der Waals surface area contributed by atoms with Crippen molar-refractivity contribution in [3.63, 3.8) is 0 Å². The summed E-state index contributed by atoms with van der Waals surface area (Å²) in [4.78, 5) is 0. The van der Waals surface area contributed by atoms with E-state index in [1.807, 2.05) is 27.2 Å². The van der Waals surface area contributed by atoms with Gasteiger partial charge < -0.3 is 9.47 Å². The summed E-state index contributed by atoms with van der Waals surface area (Å²) in [6.45, 7) is 7.24. The van der Waals surface area contributed by atoms with E-state index >= 15 is 0 Å². The minimum absolute atomic E-state index is 0.111. The molecule has 0 atom stereocenters. The van der Waals surface area contributed by atoms with Crippen molar-refractivity contribution in [3.05, 3.63) is 6.42 Å². The summed E-state index contributed by atoms with van der Waals surface area (Å²) in [5, 5.41) is 0. The molecular weight excluding hydrogens is 116 g/mol. The smallest absolute Gasteiger partial charge is 0.160 e. The molecule has 0 unspecified atom stereocenters. The third-order valence-electron chi connectivity index (χ3n) is 0.934. The van der Waals surface area contributed by atoms with Crippen LogP contribution in [-0.2, 0) is 9.47 Å². The standard InChI is InChI=1S/C7H15O2/c1-4-7(8-5-2)9-6-3/h4,7H,5-6H2,1-3H3. The third-order valence-corrected chi connectivity index (χ3v) is 0.934. The highest BCUT2D eigenvalue weighted by Gasteiger charge is 2.01. The Morgan fingerprint density at radius 3 is 1.89 bits per heavy atom. The molecule has 55 valence electrons. The Balaban J connectivity index is 3.18. The predicted molar refractivity (Wildman–Crippen MR) is 37.0 cm³/mol. The van der Waals surface area contributed by atoms with Crippen LogP contribution in [0.15, 0.2) is 0 Å². The maximum Gasteiger partial charge on any atom is 0.160 e. The van der Waals surface area contributed by atoms with Gasteiger partial charge in [-0.2, -0.15) is 0 Å². The third kappa shape index (κ3) is 4.43. The van der Waals surface area contributed by atoms with Crippen molar-refractivity contribution in [2.75, 3.05) is 13.2 Å². The first-order chi connectivity index (χ1) is 4.35. The van der Waals surface area contributed by atoms with Crippen molar-refractivity contribution < 1.29 is 9.47 Å². The zero-order valence-corrected chi connectivity index (χ0v) is 6.39. The van der Waals surface area contributed by atoms with Gasteiger partial charge in [0.15, 0.2) is 6.29 Å². The van der Waals surface area contributed by atoms with Gasteiger partial charge in [-0.05, 0) is 13.8 Å². The molecule has 1 radical (unpaired) electrons. The summed E-state index contributed by atoms with van der Waals surface area (Å²) < 4.78 is 10.3. The molecule has 0 aliphatic heterocycles. The maximum absolute atomic E-state index is 5.15. The lowest BCUT2D eigenvalue weighted by Gasteiger charge is -2.13. The highest BCUT2D eigenvalue weighted by Crippen LogP contribution is 1.97. The van der Waals surface area contributed by atoms with Crippen molar-refractivity contribution in [2.45, 2.75) is 27.1 Å². The lowest BCUT2D eigenvalue weighted by atomic mass is 10.5. The SMILES string of the molecule is C[CH]C(OCC)OCC. The molecule has 0 fully saturated rings. The quantitative estimate of drug-likeness (QED) is 0.528. The van der Waals surface area contributed by atoms with Gasteiger partial charge in [-0.1, -0.05) is 6.92 Å². The first-order valence-electron chi connectivity index (χ1n) is 3.37. The van der Waals surface area contributed by atoms with Gasteiger partial charge in [0.1, 0.15) is 0 Å². The Morgan fingerprint density at radius 2 is 1.67 bits per heavy atom. The van der Waals surface area contributed by atoms with Gasteiger partial charge in [0.2, 0.25) is 0 Å². The molecule has 0 spiro atoms. The minimum Gasteiger partial charge on any atom is -0.353 e. The molecule has 0 bridgehead atoms. The van der Waals surface area contributed by atoms with Crippen molar-refractivity contribution in [2.24, 2.45) is 0 Å². The van der Waals surface area contributed by atoms with Crippen LogP contribution in [0.2, 0.25) is 0 Å². The lowest BCUT2D eigenvalue weighted by molar-refractivity contribution is -0.113. The summed E-state index contributed by atoms with van der Waals surface area (Å²) >= 11 is 0. The van der Waals surface area contributed by atoms with Crippen LogP contribution in [-0.4, -0.2) is 19.5 Å². The fourth-order valence-electron chi connectivity index (χ4n) is 0.569. The van der Waals surface area contributed by atoms with Gasteiger partial charge in [0.25, 0.3) is 0 Å². The van der Waals surface area contributed by atoms with Crippen LogP contribution < -0.4 is 0 Å². The molecule has 0 aliphatic carbocycles. The fraction of sp³-hybridized carbons (Fsp3) is 0.857. The van der Waals surface area contributed by atoms with Gasteiger partial charge in [0, 0.05) is 19.6 Å². The van der Waals surface area contributed by atoms with E-state index < -0.39 is 0 Å². The van der Waals surface area contributed by atoms with Crippen LogP contribution >= 0.6 is 0 Å². The molecule has 0 saturated carbocycles. The monoisotopic (exact) mass is 131 g/mol. The van der Waals surface area contributed by atoms with Crippen LogP contribution in [0.1, 0.15) is 20.8 Å². The second-order valence-electron chi connectivity index (χ2n) is 1.61. The van der Waals surface area contributed by atoms with Crippen LogP contribution in [0.25, 0.3) is 0 Å². The van der Waals surface area contributed by atoms with E-state index in [0.717, 1.165) is 0 Å². The van der Waals surface area contributed by atoms with Crippen molar-refractivity contribution in [1.29, 1.82) is 0 Å². The van der Waals surface area contributed by atoms with Crippen molar-refractivity contribution in [3.8, 4) is 0 Å². The minimum atomic E-state index is -0.111. The summed E-state index contributed by atoms with van der Waals surface area (Å²) in [5.74, 6) is 0. The van der Waals surface area contributed by atoms with E-state index in [2.05, 4.69) is 0 Å². The average molecular weight is 131 g/mol. The number of hydrogen-bond acceptors (Lipinski definition) is 2. The normalized spacial score (nSPS) is 10.7. The average Bonchev–Trinajstić information content (AvgIpc) is 1.88. The highest BCUT2D eigenvalue weighted by atomic mass is 16.7. The molecule has 9 heavy (non-hydrogen) atoms. The zero-order valence-electron chi connectivity index (χ0n) is 6.39. The van der Waals surface area contributed by atoms with E-state index in [4.69, 9.17) is 9.47 Å². The molecule has 0 aliphatic rings. The van der Waals surface area contributed by atoms with E-state index in [1.54, 1.807) is 0 Å². The summed E-state index contributed by atoms with van der Waals surface area (Å²) in [7, 11) is 0. The summed E-state index contributed by atoms with van der Waals surface area (Å²) in [5.41, 5.74) is 0. The molecule has 0 aromatic carbocycles. The van der Waals surface area contributed by atoms with Crippen LogP contribution in [0.3, 0.4) is 0 Å². The Bertz CT molecular complexity index is 48.9. The number of ether oxygens (including phenoxy) is 2. The maximum atomic E-state index is 5.15. The zero-order chi connectivity index (χ0) is 7.11. The second-order valence-corrected chi connectivity index (χ2v) is 1.61. The molecule has 0 rings (SSSR count). The molecule has 0 N–H and O–H groups in total. The molecular formula is C7H15O2. The Morgan fingerprint density at radius 1 is 1.22 bits per heavy atom. The Kier molecular flexibility index (Phi) is 5.99. The van der Waals surface area contributed by atoms with Crippen LogP contribution in [0, 0.1) is 6.42 Å². The van der Waals surface area contributed by atoms with Gasteiger partial charge in [-0.25, -0.2) is 0 Å². The fourth-order valence-corrected chi connectivity index (χ4v) is 0.569. The van der Waals surface area contributed by atoms with Crippen LogP contribution in [0.4, 0.5) is 0 Å². The molecule has 2 nitrogen and oxygen atoms in total. The Hall–Kier alpha value is -0.0800. The van der Waals surface area contributed by atoms with Gasteiger partial charge >= 0.3 is 0 Å². The molecule has 0 amide bonds. The molecule has 0 aromatic heterocycles. The van der Waals surface area contributed by atoms with E-state index in [0.29, 0.717) is 13.2 Å². The first-order valence-corrected chi connectivity index (χ1v) is 3.37. The molecule has 0 saturated heterocycles. The lowest BCUT2D eigenvalue weighted by Crippen LogP contribution is -2.16. The largest absolute Gasteiger partial charge is 0.353 e. The number of rotatable bonds is 5. The van der Waals surface area contributed by atoms with E-state index in [1.165, 1.54) is 0 Å². The van der Waals surface area contributed by atoms with Crippen LogP contribution in [0.5, 0.6) is 0 Å². The highest BCUT2D eigenvalue weighted by molar-refractivity contribution is 4.60. The Labute approximate surface area is 57.2 Å². The van der Waals surface area contributed by atoms with Crippen molar-refractivity contribution in [1.82, 2.24) is 0 Å². The van der Waals surface area contributed by atoms with E-state index in [-0.39, 0.29) is 6.29 Å². The van der Waals surface area contributed by atoms with Crippen molar-refractivity contribution >= 4 is 0 Å². The number of hydrogen-bond donors (Lipinski definition) is 0. The van der Waals surface area contributed by atoms with Gasteiger partial charge in [0.05, 0.1) is 0 Å². The molecule has 2 heteroatoms. The predicted octanol–water partition coefficient (Wildman–Crippen LogP) is 1.61. The van der Waals surface area contributed by atoms with Gasteiger partial charge in [-0.15, -0.1) is 0 Å². The topological polar surface area (TPSA) is 18.5 Å². The summed E-state index contributed by atoms with van der Waals surface area (Å²) in [6, 6.07) is 0. The second kappa shape index (κ2) is 6.05. The van der Waals surface area contributed by atoms with Gasteiger partial charge in [-0.3, -0.25) is 0 Å².